The molecule has 0 aromatic carbocycles. The SMILES string of the molecule is Cc1cscc1OC(F)(F)C(F)(F)C(F)(F)C(F)(F)C(F)(F)C(F)(F)CC(F)(F)F. The van der Waals surface area contributed by atoms with E-state index < -0.39 is 59.6 Å². The van der Waals surface area contributed by atoms with E-state index in [0.717, 1.165) is 12.3 Å². The van der Waals surface area contributed by atoms with E-state index in [1.807, 2.05) is 0 Å². The first kappa shape index (κ1) is 26.5. The molecule has 0 amide bonds. The Kier molecular flexibility index (Phi) is 6.40. The van der Waals surface area contributed by atoms with Crippen LogP contribution in [0.2, 0.25) is 0 Å². The van der Waals surface area contributed by atoms with E-state index in [4.69, 9.17) is 0 Å². The summed E-state index contributed by atoms with van der Waals surface area (Å²) in [6.45, 7) is 0.901. The minimum Gasteiger partial charge on any atom is -0.427 e. The largest absolute Gasteiger partial charge is 0.471 e. The zero-order valence-corrected chi connectivity index (χ0v) is 14.7. The Morgan fingerprint density at radius 2 is 1.10 bits per heavy atom. The van der Waals surface area contributed by atoms with Gasteiger partial charge in [0.2, 0.25) is 0 Å². The van der Waals surface area contributed by atoms with E-state index in [0.29, 0.717) is 16.7 Å². The Morgan fingerprint density at radius 1 is 0.667 bits per heavy atom. The fourth-order valence-electron chi connectivity index (χ4n) is 1.83. The second-order valence-electron chi connectivity index (χ2n) is 5.83. The van der Waals surface area contributed by atoms with Crippen LogP contribution in [0.25, 0.3) is 0 Å². The van der Waals surface area contributed by atoms with Crippen LogP contribution in [0.15, 0.2) is 10.8 Å². The maximum atomic E-state index is 13.6. The number of aryl methyl sites for hydroxylation is 1. The van der Waals surface area contributed by atoms with Crippen LogP contribution in [0, 0.1) is 6.92 Å². The van der Waals surface area contributed by atoms with Gasteiger partial charge in [-0.05, 0) is 12.3 Å². The molecule has 1 rings (SSSR count). The van der Waals surface area contributed by atoms with Gasteiger partial charge in [-0.3, -0.25) is 0 Å². The highest BCUT2D eigenvalue weighted by molar-refractivity contribution is 7.08. The molecule has 0 aliphatic carbocycles. The summed E-state index contributed by atoms with van der Waals surface area (Å²) in [5.74, 6) is -39.9. The summed E-state index contributed by atoms with van der Waals surface area (Å²) in [7, 11) is 0. The van der Waals surface area contributed by atoms with Crippen LogP contribution >= 0.6 is 11.3 Å². The Bertz CT molecular complexity index is 748. The maximum absolute atomic E-state index is 13.6. The quantitative estimate of drug-likeness (QED) is 0.347. The second kappa shape index (κ2) is 7.25. The van der Waals surface area contributed by atoms with Crippen LogP contribution in [-0.4, -0.2) is 41.9 Å². The van der Waals surface area contributed by atoms with E-state index >= 15 is 0 Å². The molecule has 0 radical (unpaired) electrons. The molecule has 0 unspecified atom stereocenters. The lowest BCUT2D eigenvalue weighted by atomic mass is 9.92. The molecule has 1 aromatic rings. The van der Waals surface area contributed by atoms with Gasteiger partial charge in [0.15, 0.2) is 0 Å². The molecule has 0 saturated carbocycles. The van der Waals surface area contributed by atoms with Crippen LogP contribution in [0.5, 0.6) is 5.75 Å². The van der Waals surface area contributed by atoms with Gasteiger partial charge < -0.3 is 4.74 Å². The number of halogens is 15. The van der Waals surface area contributed by atoms with Crippen LogP contribution in [0.4, 0.5) is 65.9 Å². The van der Waals surface area contributed by atoms with E-state index in [-0.39, 0.29) is 0 Å². The zero-order chi connectivity index (χ0) is 24.2. The molecule has 0 spiro atoms. The first-order valence-electron chi connectivity index (χ1n) is 7.00. The highest BCUT2D eigenvalue weighted by atomic mass is 32.1. The fourth-order valence-corrected chi connectivity index (χ4v) is 2.57. The predicted molar refractivity (Wildman–Crippen MR) is 70.0 cm³/mol. The van der Waals surface area contributed by atoms with Crippen molar-refractivity contribution in [2.75, 3.05) is 0 Å². The predicted octanol–water partition coefficient (Wildman–Crippen LogP) is 7.16. The van der Waals surface area contributed by atoms with E-state index in [9.17, 15) is 65.9 Å². The molecule has 0 aliphatic rings. The summed E-state index contributed by atoms with van der Waals surface area (Å²) >= 11 is 0.479. The third-order valence-corrected chi connectivity index (χ3v) is 4.32. The zero-order valence-electron chi connectivity index (χ0n) is 13.8. The molecule has 0 bridgehead atoms. The Balaban J connectivity index is 3.45. The lowest BCUT2D eigenvalue weighted by Gasteiger charge is -2.40. The number of hydrogen-bond donors (Lipinski definition) is 0. The van der Waals surface area contributed by atoms with Gasteiger partial charge in [-0.1, -0.05) is 0 Å². The molecule has 0 N–H and O–H groups in total. The molecule has 1 nitrogen and oxygen atoms in total. The lowest BCUT2D eigenvalue weighted by Crippen LogP contribution is -2.71. The van der Waals surface area contributed by atoms with Gasteiger partial charge in [0.05, 0.1) is 0 Å². The lowest BCUT2D eigenvalue weighted by molar-refractivity contribution is -0.449. The van der Waals surface area contributed by atoms with Crippen molar-refractivity contribution in [2.45, 2.75) is 55.2 Å². The number of ether oxygens (including phenoxy) is 1. The third kappa shape index (κ3) is 4.12. The summed E-state index contributed by atoms with van der Waals surface area (Å²) in [6.07, 6.45) is -17.2. The Hall–Kier alpha value is -1.55. The van der Waals surface area contributed by atoms with Crippen molar-refractivity contribution >= 4 is 11.3 Å². The molecule has 0 saturated heterocycles. The fraction of sp³-hybridized carbons (Fsp3) is 0.692. The van der Waals surface area contributed by atoms with Gasteiger partial charge in [0.25, 0.3) is 0 Å². The van der Waals surface area contributed by atoms with Gasteiger partial charge >= 0.3 is 41.9 Å². The Morgan fingerprint density at radius 3 is 1.47 bits per heavy atom. The average Bonchev–Trinajstić information content (AvgIpc) is 2.88. The molecule has 0 fully saturated rings. The molecule has 0 atom stereocenters. The van der Waals surface area contributed by atoms with Gasteiger partial charge in [-0.2, -0.15) is 65.9 Å². The van der Waals surface area contributed by atoms with E-state index in [2.05, 4.69) is 4.74 Å². The summed E-state index contributed by atoms with van der Waals surface area (Å²) < 4.78 is 200. The summed E-state index contributed by atoms with van der Waals surface area (Å²) in [4.78, 5) is 0. The normalized spacial score (nSPS) is 15.5. The summed E-state index contributed by atoms with van der Waals surface area (Å²) in [6, 6.07) is 0. The minimum absolute atomic E-state index is 0.410. The molecule has 1 aromatic heterocycles. The van der Waals surface area contributed by atoms with Crippen molar-refractivity contribution in [2.24, 2.45) is 0 Å². The highest BCUT2D eigenvalue weighted by Gasteiger charge is 2.91. The van der Waals surface area contributed by atoms with Crippen LogP contribution in [0.3, 0.4) is 0 Å². The average molecular weight is 496 g/mol. The number of thiophene rings is 1. The van der Waals surface area contributed by atoms with E-state index in [1.165, 1.54) is 0 Å². The second-order valence-corrected chi connectivity index (χ2v) is 6.58. The molecule has 17 heteroatoms. The molecule has 1 heterocycles. The molecule has 0 aliphatic heterocycles. The minimum atomic E-state index is -8.09. The molecular formula is C13H7F15OS. The molecular weight excluding hydrogens is 489 g/mol. The van der Waals surface area contributed by atoms with Crippen LogP contribution in [-0.2, 0) is 0 Å². The van der Waals surface area contributed by atoms with Crippen molar-refractivity contribution in [1.82, 2.24) is 0 Å². The van der Waals surface area contributed by atoms with Crippen molar-refractivity contribution in [1.29, 1.82) is 0 Å². The van der Waals surface area contributed by atoms with Crippen LogP contribution < -0.4 is 4.74 Å². The number of rotatable bonds is 8. The van der Waals surface area contributed by atoms with Gasteiger partial charge in [0, 0.05) is 10.9 Å². The smallest absolute Gasteiger partial charge is 0.427 e. The van der Waals surface area contributed by atoms with Gasteiger partial charge in [0.1, 0.15) is 12.2 Å². The first-order valence-corrected chi connectivity index (χ1v) is 7.94. The van der Waals surface area contributed by atoms with Crippen molar-refractivity contribution in [3.05, 3.63) is 16.3 Å². The standard InChI is InChI=1S/C13H7F15OS/c1-5-2-30-3-6(5)29-13(27,28)12(25,26)11(23,24)10(21,22)9(19,20)7(14,15)4-8(16,17)18/h2-3H,4H2,1H3. The van der Waals surface area contributed by atoms with Crippen molar-refractivity contribution in [3.8, 4) is 5.75 Å². The summed E-state index contributed by atoms with van der Waals surface area (Å²) in [5.41, 5.74) is -0.410. The Labute approximate surface area is 160 Å². The third-order valence-electron chi connectivity index (χ3n) is 3.48. The number of alkyl halides is 15. The van der Waals surface area contributed by atoms with Crippen molar-refractivity contribution < 1.29 is 70.6 Å². The molecule has 176 valence electrons. The number of hydrogen-bond acceptors (Lipinski definition) is 2. The van der Waals surface area contributed by atoms with Crippen LogP contribution in [0.1, 0.15) is 12.0 Å². The first-order chi connectivity index (χ1) is 12.9. The summed E-state index contributed by atoms with van der Waals surface area (Å²) in [5, 5.41) is 1.43. The van der Waals surface area contributed by atoms with Gasteiger partial charge in [-0.25, -0.2) is 0 Å². The highest BCUT2D eigenvalue weighted by Crippen LogP contribution is 2.61. The maximum Gasteiger partial charge on any atom is 0.471 e. The van der Waals surface area contributed by atoms with Crippen molar-refractivity contribution in [3.63, 3.8) is 0 Å². The van der Waals surface area contributed by atoms with Gasteiger partial charge in [-0.15, -0.1) is 11.3 Å². The van der Waals surface area contributed by atoms with E-state index in [1.54, 1.807) is 0 Å². The molecule has 30 heavy (non-hydrogen) atoms. The topological polar surface area (TPSA) is 9.23 Å². The monoisotopic (exact) mass is 496 g/mol.